The fourth-order valence-corrected chi connectivity index (χ4v) is 1.30. The molecule has 0 aromatic rings. The third-order valence-electron chi connectivity index (χ3n) is 2.08. The lowest BCUT2D eigenvalue weighted by atomic mass is 10.3. The summed E-state index contributed by atoms with van der Waals surface area (Å²) in [5, 5.41) is 0. The summed E-state index contributed by atoms with van der Waals surface area (Å²) in [7, 11) is 0. The van der Waals surface area contributed by atoms with Gasteiger partial charge in [-0.2, -0.15) is 0 Å². The smallest absolute Gasteiger partial charge is 0.246 e. The Morgan fingerprint density at radius 3 is 2.31 bits per heavy atom. The molecule has 1 fully saturated rings. The van der Waals surface area contributed by atoms with Gasteiger partial charge in [-0.25, -0.2) is 0 Å². The van der Waals surface area contributed by atoms with Gasteiger partial charge in [0.15, 0.2) is 0 Å². The molecule has 0 aliphatic carbocycles. The van der Waals surface area contributed by atoms with E-state index in [1.807, 2.05) is 6.92 Å². The fraction of sp³-hybridized carbons (Fsp3) is 0.556. The van der Waals surface area contributed by atoms with Crippen molar-refractivity contribution in [2.45, 2.75) is 6.92 Å². The average Bonchev–Trinajstić information content (AvgIpc) is 2.18. The van der Waals surface area contributed by atoms with E-state index in [0.717, 1.165) is 6.41 Å². The molecule has 4 nitrogen and oxygen atoms in total. The predicted molar refractivity (Wildman–Crippen MR) is 49.0 cm³/mol. The van der Waals surface area contributed by atoms with Crippen molar-refractivity contribution in [3.8, 4) is 0 Å². The largest absolute Gasteiger partial charge is 0.342 e. The highest BCUT2D eigenvalue weighted by atomic mass is 16.2. The molecule has 0 saturated carbocycles. The molecule has 1 aliphatic rings. The van der Waals surface area contributed by atoms with Crippen LogP contribution in [-0.4, -0.2) is 48.3 Å². The standard InChI is InChI=1S/C9H14N2O2/c1-2-3-9(13)11-6-4-10(8-12)5-7-11/h2-3,8H,4-7H2,1H3/b3-2+. The number of hydrogen-bond donors (Lipinski definition) is 0. The monoisotopic (exact) mass is 182 g/mol. The molecular weight excluding hydrogens is 168 g/mol. The molecule has 0 aromatic heterocycles. The predicted octanol–water partition coefficient (Wildman–Crippen LogP) is -0.137. The van der Waals surface area contributed by atoms with Crippen molar-refractivity contribution in [3.63, 3.8) is 0 Å². The minimum atomic E-state index is 0.0352. The highest BCUT2D eigenvalue weighted by Crippen LogP contribution is 2.00. The summed E-state index contributed by atoms with van der Waals surface area (Å²) in [5.41, 5.74) is 0. The van der Waals surface area contributed by atoms with Gasteiger partial charge in [-0.3, -0.25) is 9.59 Å². The van der Waals surface area contributed by atoms with Gasteiger partial charge in [0.2, 0.25) is 12.3 Å². The molecule has 1 saturated heterocycles. The lowest BCUT2D eigenvalue weighted by molar-refractivity contribution is -0.130. The van der Waals surface area contributed by atoms with Crippen molar-refractivity contribution in [2.24, 2.45) is 0 Å². The number of carbonyl (C=O) groups is 2. The van der Waals surface area contributed by atoms with E-state index in [0.29, 0.717) is 26.2 Å². The molecule has 0 unspecified atom stereocenters. The third kappa shape index (κ3) is 2.57. The van der Waals surface area contributed by atoms with Crippen molar-refractivity contribution >= 4 is 12.3 Å². The normalized spacial score (nSPS) is 17.9. The number of carbonyl (C=O) groups excluding carboxylic acids is 2. The number of piperazine rings is 1. The second kappa shape index (κ2) is 4.64. The first kappa shape index (κ1) is 9.77. The molecule has 13 heavy (non-hydrogen) atoms. The Morgan fingerprint density at radius 2 is 1.85 bits per heavy atom. The average molecular weight is 182 g/mol. The lowest BCUT2D eigenvalue weighted by Gasteiger charge is -2.31. The summed E-state index contributed by atoms with van der Waals surface area (Å²) >= 11 is 0. The van der Waals surface area contributed by atoms with Gasteiger partial charge in [0.05, 0.1) is 0 Å². The van der Waals surface area contributed by atoms with Crippen LogP contribution < -0.4 is 0 Å². The Hall–Kier alpha value is -1.32. The van der Waals surface area contributed by atoms with Crippen LogP contribution in [0.25, 0.3) is 0 Å². The second-order valence-electron chi connectivity index (χ2n) is 2.97. The molecule has 4 heteroatoms. The zero-order chi connectivity index (χ0) is 9.68. The minimum absolute atomic E-state index is 0.0352. The minimum Gasteiger partial charge on any atom is -0.342 e. The van der Waals surface area contributed by atoms with E-state index in [2.05, 4.69) is 0 Å². The van der Waals surface area contributed by atoms with E-state index in [1.54, 1.807) is 22.0 Å². The van der Waals surface area contributed by atoms with Crippen molar-refractivity contribution in [1.82, 2.24) is 9.80 Å². The highest BCUT2D eigenvalue weighted by Gasteiger charge is 2.17. The van der Waals surface area contributed by atoms with Gasteiger partial charge in [-0.05, 0) is 13.0 Å². The molecule has 72 valence electrons. The molecule has 1 heterocycles. The molecule has 0 aromatic carbocycles. The van der Waals surface area contributed by atoms with Gasteiger partial charge in [-0.1, -0.05) is 6.08 Å². The topological polar surface area (TPSA) is 40.6 Å². The maximum Gasteiger partial charge on any atom is 0.246 e. The summed E-state index contributed by atoms with van der Waals surface area (Å²) in [6.07, 6.45) is 4.11. The Morgan fingerprint density at radius 1 is 1.23 bits per heavy atom. The van der Waals surface area contributed by atoms with Crippen LogP contribution in [0.2, 0.25) is 0 Å². The second-order valence-corrected chi connectivity index (χ2v) is 2.97. The quantitative estimate of drug-likeness (QED) is 0.440. The molecule has 0 bridgehead atoms. The van der Waals surface area contributed by atoms with Crippen LogP contribution in [0.4, 0.5) is 0 Å². The first-order chi connectivity index (χ1) is 6.27. The van der Waals surface area contributed by atoms with Gasteiger partial charge >= 0.3 is 0 Å². The van der Waals surface area contributed by atoms with E-state index in [4.69, 9.17) is 0 Å². The van der Waals surface area contributed by atoms with E-state index in [-0.39, 0.29) is 5.91 Å². The van der Waals surface area contributed by atoms with Crippen molar-refractivity contribution in [3.05, 3.63) is 12.2 Å². The molecule has 1 rings (SSSR count). The molecule has 1 aliphatic heterocycles. The number of rotatable bonds is 2. The maximum absolute atomic E-state index is 11.3. The summed E-state index contributed by atoms with van der Waals surface area (Å²) < 4.78 is 0. The molecule has 0 spiro atoms. The van der Waals surface area contributed by atoms with Crippen LogP contribution >= 0.6 is 0 Å². The van der Waals surface area contributed by atoms with E-state index in [9.17, 15) is 9.59 Å². The summed E-state index contributed by atoms with van der Waals surface area (Å²) in [4.78, 5) is 25.1. The Kier molecular flexibility index (Phi) is 3.49. The number of hydrogen-bond acceptors (Lipinski definition) is 2. The van der Waals surface area contributed by atoms with Crippen molar-refractivity contribution in [2.75, 3.05) is 26.2 Å². The molecule has 0 N–H and O–H groups in total. The lowest BCUT2D eigenvalue weighted by Crippen LogP contribution is -2.47. The maximum atomic E-state index is 11.3. The van der Waals surface area contributed by atoms with Crippen LogP contribution in [0.5, 0.6) is 0 Å². The van der Waals surface area contributed by atoms with Gasteiger partial charge in [-0.15, -0.1) is 0 Å². The molecule has 2 amide bonds. The zero-order valence-corrected chi connectivity index (χ0v) is 7.77. The first-order valence-corrected chi connectivity index (χ1v) is 4.39. The molecular formula is C9H14N2O2. The summed E-state index contributed by atoms with van der Waals surface area (Å²) in [6.45, 7) is 4.39. The fourth-order valence-electron chi connectivity index (χ4n) is 1.30. The molecule has 0 atom stereocenters. The summed E-state index contributed by atoms with van der Waals surface area (Å²) in [6, 6.07) is 0. The highest BCUT2D eigenvalue weighted by molar-refractivity contribution is 5.87. The van der Waals surface area contributed by atoms with Gasteiger partial charge in [0.25, 0.3) is 0 Å². The van der Waals surface area contributed by atoms with Crippen LogP contribution in [0.3, 0.4) is 0 Å². The van der Waals surface area contributed by atoms with E-state index >= 15 is 0 Å². The van der Waals surface area contributed by atoms with Crippen LogP contribution in [-0.2, 0) is 9.59 Å². The Balaban J connectivity index is 2.40. The number of allylic oxidation sites excluding steroid dienone is 1. The van der Waals surface area contributed by atoms with Crippen LogP contribution in [0.1, 0.15) is 6.92 Å². The number of amides is 2. The van der Waals surface area contributed by atoms with E-state index < -0.39 is 0 Å². The van der Waals surface area contributed by atoms with Gasteiger partial charge in [0, 0.05) is 26.2 Å². The Labute approximate surface area is 77.8 Å². The zero-order valence-electron chi connectivity index (χ0n) is 7.77. The van der Waals surface area contributed by atoms with Gasteiger partial charge in [0.1, 0.15) is 0 Å². The van der Waals surface area contributed by atoms with Crippen molar-refractivity contribution in [1.29, 1.82) is 0 Å². The Bertz CT molecular complexity index is 218. The van der Waals surface area contributed by atoms with Crippen LogP contribution in [0.15, 0.2) is 12.2 Å². The molecule has 0 radical (unpaired) electrons. The first-order valence-electron chi connectivity index (χ1n) is 4.39. The van der Waals surface area contributed by atoms with Gasteiger partial charge < -0.3 is 9.80 Å². The van der Waals surface area contributed by atoms with E-state index in [1.165, 1.54) is 0 Å². The van der Waals surface area contributed by atoms with Crippen LogP contribution in [0, 0.1) is 0 Å². The summed E-state index contributed by atoms with van der Waals surface area (Å²) in [5.74, 6) is 0.0352. The SMILES string of the molecule is C/C=C/C(=O)N1CCN(C=O)CC1. The number of nitrogens with zero attached hydrogens (tertiary/aromatic N) is 2. The third-order valence-corrected chi connectivity index (χ3v) is 2.08. The van der Waals surface area contributed by atoms with Crippen molar-refractivity contribution < 1.29 is 9.59 Å².